The molecule has 7 heteroatoms. The normalized spacial score (nSPS) is 16.7. The van der Waals surface area contributed by atoms with Crippen molar-refractivity contribution < 1.29 is 8.42 Å². The molecule has 0 aromatic heterocycles. The predicted molar refractivity (Wildman–Crippen MR) is 85.9 cm³/mol. The first-order valence-electron chi connectivity index (χ1n) is 7.15. The Morgan fingerprint density at radius 1 is 1.38 bits per heavy atom. The van der Waals surface area contributed by atoms with Gasteiger partial charge in [-0.3, -0.25) is 0 Å². The van der Waals surface area contributed by atoms with Crippen LogP contribution in [0.1, 0.15) is 25.7 Å². The molecule has 0 radical (unpaired) electrons. The molecule has 0 unspecified atom stereocenters. The van der Waals surface area contributed by atoms with Crippen LogP contribution in [-0.4, -0.2) is 39.5 Å². The highest BCUT2D eigenvalue weighted by atomic mass is 35.5. The summed E-state index contributed by atoms with van der Waals surface area (Å²) in [6, 6.07) is 4.92. The van der Waals surface area contributed by atoms with E-state index in [0.717, 1.165) is 0 Å². The quantitative estimate of drug-likeness (QED) is 0.782. The fraction of sp³-hybridized carbons (Fsp3) is 0.571. The first kappa shape index (κ1) is 16.5. The summed E-state index contributed by atoms with van der Waals surface area (Å²) < 4.78 is 26.9. The highest BCUT2D eigenvalue weighted by Gasteiger charge is 2.20. The Hall–Kier alpha value is -0.820. The molecule has 1 aliphatic rings. The van der Waals surface area contributed by atoms with Gasteiger partial charge >= 0.3 is 0 Å². The van der Waals surface area contributed by atoms with Gasteiger partial charge < -0.3 is 10.6 Å². The Bertz CT molecular complexity index is 586. The zero-order chi connectivity index (χ0) is 15.5. The molecule has 0 saturated heterocycles. The maximum atomic E-state index is 12.2. The molecule has 2 rings (SSSR count). The van der Waals surface area contributed by atoms with Crippen molar-refractivity contribution in [2.45, 2.75) is 36.6 Å². The second kappa shape index (κ2) is 6.96. The number of sulfonamides is 1. The van der Waals surface area contributed by atoms with E-state index in [4.69, 9.17) is 17.3 Å². The first-order valence-corrected chi connectivity index (χ1v) is 9.01. The van der Waals surface area contributed by atoms with E-state index < -0.39 is 10.0 Å². The van der Waals surface area contributed by atoms with Gasteiger partial charge in [0.15, 0.2) is 0 Å². The van der Waals surface area contributed by atoms with Gasteiger partial charge in [-0.15, -0.1) is 0 Å². The summed E-state index contributed by atoms with van der Waals surface area (Å²) in [7, 11) is -1.49. The maximum absolute atomic E-state index is 12.2. The molecule has 1 fully saturated rings. The molecule has 0 aliphatic heterocycles. The van der Waals surface area contributed by atoms with Gasteiger partial charge in [0.25, 0.3) is 0 Å². The van der Waals surface area contributed by atoms with Crippen LogP contribution in [0.5, 0.6) is 0 Å². The maximum Gasteiger partial charge on any atom is 0.240 e. The Morgan fingerprint density at radius 3 is 2.67 bits per heavy atom. The Morgan fingerprint density at radius 2 is 2.05 bits per heavy atom. The molecule has 5 nitrogen and oxygen atoms in total. The Balaban J connectivity index is 1.90. The molecule has 118 valence electrons. The number of nitrogen functional groups attached to an aromatic ring is 1. The van der Waals surface area contributed by atoms with Gasteiger partial charge in [0, 0.05) is 19.1 Å². The van der Waals surface area contributed by atoms with Crippen molar-refractivity contribution in [3.8, 4) is 0 Å². The van der Waals surface area contributed by atoms with E-state index in [1.807, 2.05) is 7.05 Å². The average molecular weight is 332 g/mol. The number of anilines is 1. The van der Waals surface area contributed by atoms with Crippen LogP contribution >= 0.6 is 11.6 Å². The van der Waals surface area contributed by atoms with Crippen LogP contribution < -0.4 is 10.5 Å². The molecule has 1 aromatic carbocycles. The van der Waals surface area contributed by atoms with E-state index in [0.29, 0.717) is 24.2 Å². The molecule has 0 amide bonds. The number of benzene rings is 1. The standard InChI is InChI=1S/C14H22ClN3O2S/c1-18(11-4-2-3-5-11)9-8-17-21(19,20)12-6-7-13(15)14(16)10-12/h6-7,10-11,17H,2-5,8-9,16H2,1H3. The number of hydrogen-bond donors (Lipinski definition) is 2. The van der Waals surface area contributed by atoms with Crippen LogP contribution in [0, 0.1) is 0 Å². The topological polar surface area (TPSA) is 75.4 Å². The van der Waals surface area contributed by atoms with Crippen LogP contribution in [0.4, 0.5) is 5.69 Å². The molecule has 0 atom stereocenters. The van der Waals surface area contributed by atoms with Crippen molar-refractivity contribution in [1.82, 2.24) is 9.62 Å². The third-order valence-corrected chi connectivity index (χ3v) is 5.79. The lowest BCUT2D eigenvalue weighted by Gasteiger charge is -2.23. The molecule has 0 bridgehead atoms. The fourth-order valence-corrected chi connectivity index (χ4v) is 3.83. The van der Waals surface area contributed by atoms with Crippen molar-refractivity contribution in [1.29, 1.82) is 0 Å². The van der Waals surface area contributed by atoms with Gasteiger partial charge in [-0.25, -0.2) is 13.1 Å². The minimum absolute atomic E-state index is 0.146. The molecular formula is C14H22ClN3O2S. The lowest BCUT2D eigenvalue weighted by Crippen LogP contribution is -2.37. The number of halogens is 1. The summed E-state index contributed by atoms with van der Waals surface area (Å²) in [6.07, 6.45) is 4.95. The van der Waals surface area contributed by atoms with E-state index in [1.165, 1.54) is 43.9 Å². The van der Waals surface area contributed by atoms with Crippen molar-refractivity contribution in [2.24, 2.45) is 0 Å². The van der Waals surface area contributed by atoms with Crippen LogP contribution in [-0.2, 0) is 10.0 Å². The van der Waals surface area contributed by atoms with Crippen molar-refractivity contribution >= 4 is 27.3 Å². The van der Waals surface area contributed by atoms with E-state index in [-0.39, 0.29) is 10.6 Å². The molecular weight excluding hydrogens is 310 g/mol. The molecule has 3 N–H and O–H groups in total. The smallest absolute Gasteiger partial charge is 0.240 e. The lowest BCUT2D eigenvalue weighted by molar-refractivity contribution is 0.250. The summed E-state index contributed by atoms with van der Waals surface area (Å²) in [4.78, 5) is 2.37. The van der Waals surface area contributed by atoms with E-state index in [2.05, 4.69) is 9.62 Å². The molecule has 1 aromatic rings. The van der Waals surface area contributed by atoms with Gasteiger partial charge in [-0.2, -0.15) is 0 Å². The van der Waals surface area contributed by atoms with Crippen LogP contribution in [0.25, 0.3) is 0 Å². The summed E-state index contributed by atoms with van der Waals surface area (Å²) >= 11 is 5.80. The summed E-state index contributed by atoms with van der Waals surface area (Å²) in [5, 5.41) is 0.356. The molecule has 0 spiro atoms. The van der Waals surface area contributed by atoms with E-state index in [1.54, 1.807) is 0 Å². The minimum Gasteiger partial charge on any atom is -0.397 e. The van der Waals surface area contributed by atoms with Crippen molar-refractivity contribution in [3.05, 3.63) is 23.2 Å². The summed E-state index contributed by atoms with van der Waals surface area (Å²) in [5.74, 6) is 0. The number of likely N-dealkylation sites (N-methyl/N-ethyl adjacent to an activating group) is 1. The van der Waals surface area contributed by atoms with Crippen LogP contribution in [0.15, 0.2) is 23.1 Å². The van der Waals surface area contributed by atoms with Gasteiger partial charge in [0.05, 0.1) is 15.6 Å². The van der Waals surface area contributed by atoms with Gasteiger partial charge in [0.2, 0.25) is 10.0 Å². The Labute approximate surface area is 131 Å². The second-order valence-corrected chi connectivity index (χ2v) is 7.67. The first-order chi connectivity index (χ1) is 9.90. The average Bonchev–Trinajstić information content (AvgIpc) is 2.95. The zero-order valence-electron chi connectivity index (χ0n) is 12.2. The molecule has 21 heavy (non-hydrogen) atoms. The van der Waals surface area contributed by atoms with Gasteiger partial charge in [0.1, 0.15) is 0 Å². The van der Waals surface area contributed by atoms with Crippen LogP contribution in [0.2, 0.25) is 5.02 Å². The van der Waals surface area contributed by atoms with E-state index >= 15 is 0 Å². The largest absolute Gasteiger partial charge is 0.397 e. The summed E-state index contributed by atoms with van der Waals surface area (Å²) in [6.45, 7) is 1.09. The molecule has 0 heterocycles. The van der Waals surface area contributed by atoms with Gasteiger partial charge in [-0.1, -0.05) is 24.4 Å². The highest BCUT2D eigenvalue weighted by Crippen LogP contribution is 2.23. The van der Waals surface area contributed by atoms with Gasteiger partial charge in [-0.05, 0) is 38.1 Å². The van der Waals surface area contributed by atoms with E-state index in [9.17, 15) is 8.42 Å². The lowest BCUT2D eigenvalue weighted by atomic mass is 10.2. The number of nitrogens with zero attached hydrogens (tertiary/aromatic N) is 1. The van der Waals surface area contributed by atoms with Crippen molar-refractivity contribution in [2.75, 3.05) is 25.9 Å². The fourth-order valence-electron chi connectivity index (χ4n) is 2.66. The SMILES string of the molecule is CN(CCNS(=O)(=O)c1ccc(Cl)c(N)c1)C1CCCC1. The van der Waals surface area contributed by atoms with Crippen LogP contribution in [0.3, 0.4) is 0 Å². The molecule has 1 aliphatic carbocycles. The monoisotopic (exact) mass is 331 g/mol. The zero-order valence-corrected chi connectivity index (χ0v) is 13.8. The highest BCUT2D eigenvalue weighted by molar-refractivity contribution is 7.89. The number of rotatable bonds is 6. The van der Waals surface area contributed by atoms with Crippen molar-refractivity contribution in [3.63, 3.8) is 0 Å². The number of hydrogen-bond acceptors (Lipinski definition) is 4. The number of nitrogens with two attached hydrogens (primary N) is 1. The minimum atomic E-state index is -3.53. The third-order valence-electron chi connectivity index (χ3n) is 3.98. The second-order valence-electron chi connectivity index (χ2n) is 5.50. The summed E-state index contributed by atoms with van der Waals surface area (Å²) in [5.41, 5.74) is 5.91. The predicted octanol–water partition coefficient (Wildman–Crippen LogP) is 2.07. The molecule has 1 saturated carbocycles. The Kier molecular flexibility index (Phi) is 5.48. The third kappa shape index (κ3) is 4.32. The number of nitrogens with one attached hydrogen (secondary N) is 1.